The van der Waals surface area contributed by atoms with E-state index in [-0.39, 0.29) is 0 Å². The lowest BCUT2D eigenvalue weighted by Crippen LogP contribution is -2.31. The van der Waals surface area contributed by atoms with Crippen LogP contribution in [-0.2, 0) is 0 Å². The molecule has 2 rings (SSSR count). The molecule has 0 unspecified atom stereocenters. The molecule has 4 nitrogen and oxygen atoms in total. The number of aryl methyl sites for hydroxylation is 2. The van der Waals surface area contributed by atoms with Crippen molar-refractivity contribution in [1.29, 1.82) is 0 Å². The van der Waals surface area contributed by atoms with Crippen molar-refractivity contribution in [3.05, 3.63) is 22.9 Å². The maximum absolute atomic E-state index is 5.82. The molecule has 1 saturated carbocycles. The zero-order valence-electron chi connectivity index (χ0n) is 12.6. The van der Waals surface area contributed by atoms with Gasteiger partial charge in [0.05, 0.1) is 5.56 Å². The standard InChI is InChI=1S/C15H24N4S/c1-4-19(12-5-6-12)8-7-17-15-13(14(16)20)10(2)9-11(3)18-15/h9,12H,4-8H2,1-3H3,(H2,16,20)(H,17,18). The molecule has 0 spiro atoms. The Labute approximate surface area is 126 Å². The van der Waals surface area contributed by atoms with E-state index in [1.165, 1.54) is 12.8 Å². The highest BCUT2D eigenvalue weighted by molar-refractivity contribution is 7.80. The molecule has 1 aromatic rings. The van der Waals surface area contributed by atoms with Crippen LogP contribution in [0.5, 0.6) is 0 Å². The van der Waals surface area contributed by atoms with Crippen molar-refractivity contribution in [2.75, 3.05) is 25.0 Å². The van der Waals surface area contributed by atoms with Gasteiger partial charge >= 0.3 is 0 Å². The minimum Gasteiger partial charge on any atom is -0.389 e. The molecular formula is C15H24N4S. The Morgan fingerprint density at radius 2 is 2.20 bits per heavy atom. The first-order chi connectivity index (χ1) is 9.52. The van der Waals surface area contributed by atoms with Gasteiger partial charge in [-0.15, -0.1) is 0 Å². The normalized spacial score (nSPS) is 14.6. The summed E-state index contributed by atoms with van der Waals surface area (Å²) in [5.41, 5.74) is 8.77. The van der Waals surface area contributed by atoms with Crippen molar-refractivity contribution in [2.24, 2.45) is 5.73 Å². The SMILES string of the molecule is CCN(CCNc1nc(C)cc(C)c1C(N)=S)C1CC1. The number of thiocarbonyl (C=S) groups is 1. The maximum Gasteiger partial charge on any atom is 0.136 e. The molecule has 1 aliphatic rings. The number of hydrogen-bond acceptors (Lipinski definition) is 4. The van der Waals surface area contributed by atoms with Crippen LogP contribution in [0.25, 0.3) is 0 Å². The lowest BCUT2D eigenvalue weighted by atomic mass is 10.1. The third-order valence-corrected chi connectivity index (χ3v) is 3.96. The van der Waals surface area contributed by atoms with E-state index >= 15 is 0 Å². The number of hydrogen-bond donors (Lipinski definition) is 2. The van der Waals surface area contributed by atoms with Gasteiger partial charge in [0.2, 0.25) is 0 Å². The summed E-state index contributed by atoms with van der Waals surface area (Å²) in [5, 5.41) is 3.40. The van der Waals surface area contributed by atoms with Crippen LogP contribution in [0.1, 0.15) is 36.6 Å². The summed E-state index contributed by atoms with van der Waals surface area (Å²) in [5.74, 6) is 0.821. The van der Waals surface area contributed by atoms with Gasteiger partial charge < -0.3 is 11.1 Å². The van der Waals surface area contributed by atoms with E-state index in [1.54, 1.807) is 0 Å². The molecule has 0 amide bonds. The molecule has 3 N–H and O–H groups in total. The molecule has 0 bridgehead atoms. The molecule has 0 aromatic carbocycles. The molecule has 0 atom stereocenters. The van der Waals surface area contributed by atoms with E-state index in [0.29, 0.717) is 4.99 Å². The summed E-state index contributed by atoms with van der Waals surface area (Å²) >= 11 is 5.14. The number of anilines is 1. The van der Waals surface area contributed by atoms with Crippen LogP contribution < -0.4 is 11.1 Å². The first-order valence-corrected chi connectivity index (χ1v) is 7.69. The highest BCUT2D eigenvalue weighted by Gasteiger charge is 2.27. The van der Waals surface area contributed by atoms with Crippen LogP contribution in [0.4, 0.5) is 5.82 Å². The van der Waals surface area contributed by atoms with Gasteiger partial charge in [0.1, 0.15) is 10.8 Å². The smallest absolute Gasteiger partial charge is 0.136 e. The van der Waals surface area contributed by atoms with Gasteiger partial charge in [-0.2, -0.15) is 0 Å². The van der Waals surface area contributed by atoms with Gasteiger partial charge in [-0.1, -0.05) is 19.1 Å². The van der Waals surface area contributed by atoms with E-state index in [0.717, 1.165) is 48.3 Å². The Balaban J connectivity index is 2.02. The van der Waals surface area contributed by atoms with Crippen molar-refractivity contribution < 1.29 is 0 Å². The van der Waals surface area contributed by atoms with Crippen molar-refractivity contribution in [3.8, 4) is 0 Å². The van der Waals surface area contributed by atoms with Gasteiger partial charge in [-0.3, -0.25) is 4.90 Å². The van der Waals surface area contributed by atoms with Crippen molar-refractivity contribution >= 4 is 23.0 Å². The number of nitrogens with zero attached hydrogens (tertiary/aromatic N) is 2. The topological polar surface area (TPSA) is 54.2 Å². The summed E-state index contributed by atoms with van der Waals surface area (Å²) in [6, 6.07) is 2.81. The monoisotopic (exact) mass is 292 g/mol. The van der Waals surface area contributed by atoms with Crippen LogP contribution in [-0.4, -0.2) is 40.5 Å². The molecule has 1 aromatic heterocycles. The first kappa shape index (κ1) is 15.2. The quantitative estimate of drug-likeness (QED) is 0.755. The van der Waals surface area contributed by atoms with Crippen molar-refractivity contribution in [2.45, 2.75) is 39.7 Å². The highest BCUT2D eigenvalue weighted by Crippen LogP contribution is 2.26. The predicted molar refractivity (Wildman–Crippen MR) is 88.4 cm³/mol. The molecule has 0 saturated heterocycles. The predicted octanol–water partition coefficient (Wildman–Crippen LogP) is 2.23. The van der Waals surface area contributed by atoms with Gasteiger partial charge in [-0.05, 0) is 44.9 Å². The van der Waals surface area contributed by atoms with Crippen LogP contribution >= 0.6 is 12.2 Å². The Hall–Kier alpha value is -1.20. The minimum absolute atomic E-state index is 0.409. The Morgan fingerprint density at radius 1 is 1.50 bits per heavy atom. The molecule has 1 aliphatic carbocycles. The summed E-state index contributed by atoms with van der Waals surface area (Å²) in [7, 11) is 0. The van der Waals surface area contributed by atoms with E-state index in [4.69, 9.17) is 18.0 Å². The third-order valence-electron chi connectivity index (χ3n) is 3.75. The molecule has 1 heterocycles. The van der Waals surface area contributed by atoms with Crippen molar-refractivity contribution in [3.63, 3.8) is 0 Å². The molecule has 110 valence electrons. The number of likely N-dealkylation sites (N-methyl/N-ethyl adjacent to an activating group) is 1. The fraction of sp³-hybridized carbons (Fsp3) is 0.600. The Bertz CT molecular complexity index is 497. The lowest BCUT2D eigenvalue weighted by Gasteiger charge is -2.21. The minimum atomic E-state index is 0.409. The molecule has 0 aliphatic heterocycles. The summed E-state index contributed by atoms with van der Waals surface area (Å²) in [6.07, 6.45) is 2.68. The summed E-state index contributed by atoms with van der Waals surface area (Å²) < 4.78 is 0. The van der Waals surface area contributed by atoms with Gasteiger partial charge in [0.25, 0.3) is 0 Å². The summed E-state index contributed by atoms with van der Waals surface area (Å²) in [4.78, 5) is 7.46. The van der Waals surface area contributed by atoms with Gasteiger partial charge in [0, 0.05) is 24.8 Å². The van der Waals surface area contributed by atoms with Gasteiger partial charge in [-0.25, -0.2) is 4.98 Å². The summed E-state index contributed by atoms with van der Waals surface area (Å²) in [6.45, 7) is 9.24. The zero-order chi connectivity index (χ0) is 14.7. The molecule has 1 fully saturated rings. The average Bonchev–Trinajstić information content (AvgIpc) is 3.17. The number of nitrogens with one attached hydrogen (secondary N) is 1. The van der Waals surface area contributed by atoms with E-state index in [9.17, 15) is 0 Å². The molecular weight excluding hydrogens is 268 g/mol. The molecule has 0 radical (unpaired) electrons. The number of pyridine rings is 1. The van der Waals surface area contributed by atoms with Crippen molar-refractivity contribution in [1.82, 2.24) is 9.88 Å². The van der Waals surface area contributed by atoms with E-state index < -0.39 is 0 Å². The maximum atomic E-state index is 5.82. The van der Waals surface area contributed by atoms with E-state index in [2.05, 4.69) is 22.1 Å². The lowest BCUT2D eigenvalue weighted by molar-refractivity contribution is 0.289. The second-order valence-electron chi connectivity index (χ2n) is 5.45. The average molecular weight is 292 g/mol. The number of aromatic nitrogens is 1. The van der Waals surface area contributed by atoms with Gasteiger partial charge in [0.15, 0.2) is 0 Å². The number of nitrogens with two attached hydrogens (primary N) is 1. The fourth-order valence-electron chi connectivity index (χ4n) is 2.63. The highest BCUT2D eigenvalue weighted by atomic mass is 32.1. The second kappa shape index (κ2) is 6.50. The zero-order valence-corrected chi connectivity index (χ0v) is 13.4. The second-order valence-corrected chi connectivity index (χ2v) is 5.89. The Kier molecular flexibility index (Phi) is 4.94. The number of rotatable bonds is 7. The third kappa shape index (κ3) is 3.67. The van der Waals surface area contributed by atoms with Crippen LogP contribution in [0.3, 0.4) is 0 Å². The molecule has 20 heavy (non-hydrogen) atoms. The largest absolute Gasteiger partial charge is 0.389 e. The van der Waals surface area contributed by atoms with E-state index in [1.807, 2.05) is 19.9 Å². The Morgan fingerprint density at radius 3 is 2.75 bits per heavy atom. The van der Waals surface area contributed by atoms with Crippen LogP contribution in [0, 0.1) is 13.8 Å². The van der Waals surface area contributed by atoms with Crippen LogP contribution in [0.15, 0.2) is 6.07 Å². The fourth-order valence-corrected chi connectivity index (χ4v) is 2.89. The molecule has 5 heteroatoms. The van der Waals surface area contributed by atoms with Crippen LogP contribution in [0.2, 0.25) is 0 Å². The first-order valence-electron chi connectivity index (χ1n) is 7.29.